The fourth-order valence-corrected chi connectivity index (χ4v) is 9.92. The van der Waals surface area contributed by atoms with E-state index in [0.29, 0.717) is 33.6 Å². The third kappa shape index (κ3) is 9.03. The molecule has 0 atom stereocenters. The molecule has 1 spiro atoms. The molecule has 4 aromatic carbocycles. The number of furan rings is 1. The fraction of sp³-hybridized carbons (Fsp3) is 0.397. The molecule has 0 aliphatic heterocycles. The first-order valence-corrected chi connectivity index (χ1v) is 22.7. The van der Waals surface area contributed by atoms with E-state index in [0.717, 1.165) is 58.7 Å². The minimum Gasteiger partial charge on any atom is -0.486 e. The fourth-order valence-electron chi connectivity index (χ4n) is 9.92. The third-order valence-electron chi connectivity index (χ3n) is 13.3. The second-order valence-corrected chi connectivity index (χ2v) is 18.1. The molecule has 8 aromatic rings. The number of pyridine rings is 2. The maximum absolute atomic E-state index is 9.91. The van der Waals surface area contributed by atoms with E-state index in [1.807, 2.05) is 24.3 Å². The van der Waals surface area contributed by atoms with Crippen LogP contribution in [0.4, 0.5) is 0 Å². The van der Waals surface area contributed by atoms with Gasteiger partial charge < -0.3 is 14.0 Å². The maximum Gasteiger partial charge on any atom is 0.216 e. The molecule has 5 nitrogen and oxygen atoms in total. The second kappa shape index (κ2) is 19.3. The van der Waals surface area contributed by atoms with Gasteiger partial charge in [-0.2, -0.15) is 0 Å². The number of benzene rings is 4. The van der Waals surface area contributed by atoms with Crippen molar-refractivity contribution in [1.82, 2.24) is 19.5 Å². The first-order chi connectivity index (χ1) is 35.2. The molecule has 2 fully saturated rings. The molecule has 2 aliphatic rings. The van der Waals surface area contributed by atoms with Gasteiger partial charge in [0.2, 0.25) is 5.71 Å². The zero-order valence-corrected chi connectivity index (χ0v) is 39.8. The van der Waals surface area contributed by atoms with Crippen LogP contribution in [0.1, 0.15) is 172 Å². The van der Waals surface area contributed by atoms with Gasteiger partial charge in [0.25, 0.3) is 0 Å². The summed E-state index contributed by atoms with van der Waals surface area (Å²) in [5.74, 6) is 0.507. The third-order valence-corrected chi connectivity index (χ3v) is 13.3. The van der Waals surface area contributed by atoms with Gasteiger partial charge in [0, 0.05) is 59.5 Å². The molecule has 0 unspecified atom stereocenters. The van der Waals surface area contributed by atoms with Gasteiger partial charge in [0.05, 0.1) is 22.4 Å². The van der Waals surface area contributed by atoms with Crippen LogP contribution in [-0.2, 0) is 26.5 Å². The molecular formula is C58H64IrN4O-2. The van der Waals surface area contributed by atoms with Crippen LogP contribution in [0.3, 0.4) is 0 Å². The largest absolute Gasteiger partial charge is 0.486 e. The summed E-state index contributed by atoms with van der Waals surface area (Å²) < 4.78 is 103. The standard InChI is InChI=1S/C42H46N3O.C16H18N.Ir/c1-26(2)34-24-30(29-18-22-42(23-19-29)20-9-6-10-21-42)25-35(27(3)4)38(34)45-37-15-8-7-14-36(37)44-40(45)33-13-11-12-31-32-17-16-28(5)43-41(32)46-39(31)33;1-4-5-15-11-17-16(10-13(15)3)14-8-6-12(2)7-9-14;/h7-8,11-12,14-17,24-27,29H,6,9-10,18-23H2,1-5H3;6-8,10-11H,4-5H2,1-3H3;/q2*-1;/i5D3,29D;2D3,3D3,5D2;. The van der Waals surface area contributed by atoms with Crippen molar-refractivity contribution in [2.24, 2.45) is 5.41 Å². The van der Waals surface area contributed by atoms with Gasteiger partial charge in [-0.05, 0) is 134 Å². The van der Waals surface area contributed by atoms with Crippen LogP contribution in [0.5, 0.6) is 0 Å². The molecule has 64 heavy (non-hydrogen) atoms. The smallest absolute Gasteiger partial charge is 0.216 e. The number of imidazole rings is 1. The van der Waals surface area contributed by atoms with E-state index in [-0.39, 0.29) is 66.5 Å². The van der Waals surface area contributed by atoms with E-state index < -0.39 is 32.8 Å². The number of hydrogen-bond donors (Lipinski definition) is 0. The van der Waals surface area contributed by atoms with Gasteiger partial charge in [-0.25, -0.2) is 4.98 Å². The Morgan fingerprint density at radius 2 is 1.64 bits per heavy atom. The zero-order chi connectivity index (χ0) is 54.0. The summed E-state index contributed by atoms with van der Waals surface area (Å²) in [6.07, 6.45) is 10.4. The van der Waals surface area contributed by atoms with Gasteiger partial charge >= 0.3 is 0 Å². The average molecular weight is 1040 g/mol. The number of nitrogens with zero attached hydrogens (tertiary/aromatic N) is 4. The van der Waals surface area contributed by atoms with Crippen molar-refractivity contribution in [1.29, 1.82) is 0 Å². The van der Waals surface area contributed by atoms with Gasteiger partial charge in [-0.15, -0.1) is 53.6 Å². The van der Waals surface area contributed by atoms with E-state index >= 15 is 0 Å². The summed E-state index contributed by atoms with van der Waals surface area (Å²) in [5.41, 5.74) is 9.36. The van der Waals surface area contributed by atoms with Crippen LogP contribution in [0.15, 0.2) is 95.5 Å². The van der Waals surface area contributed by atoms with Crippen molar-refractivity contribution in [2.45, 2.75) is 143 Å². The predicted molar refractivity (Wildman–Crippen MR) is 262 cm³/mol. The number of fused-ring (bicyclic) bond motifs is 4. The molecule has 1 radical (unpaired) electrons. The monoisotopic (exact) mass is 1040 g/mol. The van der Waals surface area contributed by atoms with E-state index in [1.54, 1.807) is 19.1 Å². The Balaban J connectivity index is 0.000000249. The van der Waals surface area contributed by atoms with Crippen LogP contribution in [0, 0.1) is 38.1 Å². The molecule has 0 saturated heterocycles. The Morgan fingerprint density at radius 1 is 0.859 bits per heavy atom. The van der Waals surface area contributed by atoms with Crippen LogP contribution >= 0.6 is 0 Å². The Morgan fingerprint density at radius 3 is 2.33 bits per heavy atom. The van der Waals surface area contributed by atoms with Crippen molar-refractivity contribution in [3.8, 4) is 28.3 Å². The Bertz CT molecular complexity index is 3340. The predicted octanol–water partition coefficient (Wildman–Crippen LogP) is 16.1. The molecule has 10 rings (SSSR count). The minimum absolute atomic E-state index is 0. The van der Waals surface area contributed by atoms with E-state index in [2.05, 4.69) is 78.6 Å². The molecule has 0 N–H and O–H groups in total. The van der Waals surface area contributed by atoms with Gasteiger partial charge in [0.15, 0.2) is 0 Å². The molecule has 2 aliphatic carbocycles. The molecule has 0 amide bonds. The van der Waals surface area contributed by atoms with E-state index in [4.69, 9.17) is 24.5 Å². The Kier molecular flexibility index (Phi) is 9.86. The molecule has 4 aromatic heterocycles. The van der Waals surface area contributed by atoms with Crippen LogP contribution in [0.2, 0.25) is 0 Å². The molecule has 333 valence electrons. The van der Waals surface area contributed by atoms with E-state index in [1.165, 1.54) is 73.7 Å². The van der Waals surface area contributed by atoms with Crippen molar-refractivity contribution in [3.05, 3.63) is 142 Å². The summed E-state index contributed by atoms with van der Waals surface area (Å²) in [7, 11) is 0. The number of aryl methyl sites for hydroxylation is 4. The zero-order valence-electron chi connectivity index (χ0n) is 49.4. The first kappa shape index (κ1) is 32.7. The second-order valence-electron chi connectivity index (χ2n) is 18.1. The summed E-state index contributed by atoms with van der Waals surface area (Å²) in [5, 5.41) is 1.59. The Labute approximate surface area is 411 Å². The van der Waals surface area contributed by atoms with Crippen molar-refractivity contribution in [3.63, 3.8) is 0 Å². The number of para-hydroxylation sites is 2. The van der Waals surface area contributed by atoms with Crippen molar-refractivity contribution >= 4 is 33.1 Å². The number of rotatable bonds is 8. The van der Waals surface area contributed by atoms with Gasteiger partial charge in [0.1, 0.15) is 0 Å². The average Bonchev–Trinajstić information content (AvgIpc) is 3.99. The maximum atomic E-state index is 9.91. The van der Waals surface area contributed by atoms with Crippen LogP contribution < -0.4 is 0 Å². The molecule has 0 bridgehead atoms. The van der Waals surface area contributed by atoms with Crippen LogP contribution in [0.25, 0.3) is 61.4 Å². The first-order valence-electron chi connectivity index (χ1n) is 28.7. The SMILES string of the molecule is [2H]C([2H])([2H])c1c[c-]c(-c2cc(C([2H])([2H])[2H])c(C([2H])([2H])CC)cn2)cc1.[2H]C([2H])([2H])c1ccc2c(n1)oc1c(-c3nc4ccccc4n3-c3c(C(C)C)cc(C4([2H])CCC5(CCCCC5)CC4)cc3C(C)C)[c-]ccc12.[Ir]. The topological polar surface area (TPSA) is 56.7 Å². The molecular weight excluding hydrogens is 961 g/mol. The van der Waals surface area contributed by atoms with E-state index in [9.17, 15) is 1.37 Å². The molecule has 6 heteroatoms. The molecule has 4 heterocycles. The van der Waals surface area contributed by atoms with Crippen LogP contribution in [-0.4, -0.2) is 19.5 Å². The van der Waals surface area contributed by atoms with Crippen molar-refractivity contribution in [2.75, 3.05) is 0 Å². The Hall–Kier alpha value is -4.90. The minimum atomic E-state index is -2.49. The molecule has 2 saturated carbocycles. The summed E-state index contributed by atoms with van der Waals surface area (Å²) >= 11 is 0. The van der Waals surface area contributed by atoms with Crippen molar-refractivity contribution < 1.29 is 41.0 Å². The normalized spacial score (nSPS) is 19.4. The number of aromatic nitrogens is 4. The quantitative estimate of drug-likeness (QED) is 0.142. The van der Waals surface area contributed by atoms with Gasteiger partial charge in [-0.3, -0.25) is 4.98 Å². The van der Waals surface area contributed by atoms with Gasteiger partial charge in [-0.1, -0.05) is 114 Å². The number of hydrogen-bond acceptors (Lipinski definition) is 4. The summed E-state index contributed by atoms with van der Waals surface area (Å²) in [4.78, 5) is 13.8. The summed E-state index contributed by atoms with van der Waals surface area (Å²) in [6.45, 7) is 3.57. The summed E-state index contributed by atoms with van der Waals surface area (Å²) in [6, 6.07) is 31.9.